The zero-order valence-electron chi connectivity index (χ0n) is 15.1. The van der Waals surface area contributed by atoms with Gasteiger partial charge in [-0.3, -0.25) is 14.5 Å². The fraction of sp³-hybridized carbons (Fsp3) is 0.333. The summed E-state index contributed by atoms with van der Waals surface area (Å²) in [5.41, 5.74) is 0.662. The Morgan fingerprint density at radius 2 is 1.89 bits per heavy atom. The molecule has 0 aromatic heterocycles. The molecule has 9 heteroatoms. The number of hydrogen-bond acceptors (Lipinski definition) is 8. The molecule has 0 spiro atoms. The molecule has 0 radical (unpaired) electrons. The van der Waals surface area contributed by atoms with Crippen molar-refractivity contribution >= 4 is 40.9 Å². The summed E-state index contributed by atoms with van der Waals surface area (Å²) in [4.78, 5) is 48.4. The summed E-state index contributed by atoms with van der Waals surface area (Å²) >= 11 is 0.755. The van der Waals surface area contributed by atoms with Crippen LogP contribution < -0.4 is 4.74 Å². The van der Waals surface area contributed by atoms with E-state index in [0.717, 1.165) is 16.7 Å². The maximum atomic E-state index is 12.4. The largest absolute Gasteiger partial charge is 0.482 e. The Morgan fingerprint density at radius 3 is 2.48 bits per heavy atom. The molecular formula is C18H19NO7S. The van der Waals surface area contributed by atoms with Crippen molar-refractivity contribution in [2.45, 2.75) is 19.9 Å². The molecule has 8 nitrogen and oxygen atoms in total. The van der Waals surface area contributed by atoms with Crippen LogP contribution in [0.1, 0.15) is 19.4 Å². The lowest BCUT2D eigenvalue weighted by Crippen LogP contribution is -2.42. The lowest BCUT2D eigenvalue weighted by atomic mass is 10.2. The molecule has 2 amide bonds. The molecule has 1 aliphatic heterocycles. The number of benzene rings is 1. The molecule has 1 heterocycles. The summed E-state index contributed by atoms with van der Waals surface area (Å²) in [7, 11) is 1.19. The van der Waals surface area contributed by atoms with Crippen molar-refractivity contribution in [3.63, 3.8) is 0 Å². The van der Waals surface area contributed by atoms with Gasteiger partial charge in [-0.15, -0.1) is 0 Å². The molecule has 27 heavy (non-hydrogen) atoms. The summed E-state index contributed by atoms with van der Waals surface area (Å²) in [5, 5.41) is -0.529. The zero-order valence-corrected chi connectivity index (χ0v) is 15.9. The quantitative estimate of drug-likeness (QED) is 0.514. The van der Waals surface area contributed by atoms with Crippen LogP contribution in [0.15, 0.2) is 29.2 Å². The van der Waals surface area contributed by atoms with Gasteiger partial charge in [0.15, 0.2) is 6.61 Å². The molecule has 0 aliphatic carbocycles. The number of amides is 2. The van der Waals surface area contributed by atoms with Crippen LogP contribution in [0.3, 0.4) is 0 Å². The van der Waals surface area contributed by atoms with Gasteiger partial charge in [-0.05, 0) is 49.4 Å². The van der Waals surface area contributed by atoms with Crippen LogP contribution in [0.25, 0.3) is 6.08 Å². The number of ether oxygens (including phenoxy) is 3. The van der Waals surface area contributed by atoms with Gasteiger partial charge >= 0.3 is 11.9 Å². The van der Waals surface area contributed by atoms with E-state index in [0.29, 0.717) is 11.3 Å². The van der Waals surface area contributed by atoms with Gasteiger partial charge in [0.25, 0.3) is 11.1 Å². The third-order valence-electron chi connectivity index (χ3n) is 3.59. The van der Waals surface area contributed by atoms with Crippen molar-refractivity contribution in [3.05, 3.63) is 34.7 Å². The molecule has 1 aliphatic rings. The van der Waals surface area contributed by atoms with Crippen LogP contribution >= 0.6 is 11.8 Å². The maximum absolute atomic E-state index is 12.4. The zero-order chi connectivity index (χ0) is 20.0. The highest BCUT2D eigenvalue weighted by Crippen LogP contribution is 2.34. The van der Waals surface area contributed by atoms with Gasteiger partial charge in [0, 0.05) is 0 Å². The molecule has 1 atom stereocenters. The Morgan fingerprint density at radius 1 is 1.22 bits per heavy atom. The first-order valence-corrected chi connectivity index (χ1v) is 8.92. The molecule has 0 N–H and O–H groups in total. The molecule has 0 bridgehead atoms. The monoisotopic (exact) mass is 393 g/mol. The highest BCUT2D eigenvalue weighted by Gasteiger charge is 2.41. The lowest BCUT2D eigenvalue weighted by molar-refractivity contribution is -0.148. The van der Waals surface area contributed by atoms with Gasteiger partial charge in [-0.2, -0.15) is 0 Å². The van der Waals surface area contributed by atoms with Gasteiger partial charge in [-0.1, -0.05) is 12.1 Å². The van der Waals surface area contributed by atoms with E-state index >= 15 is 0 Å². The second kappa shape index (κ2) is 9.22. The topological polar surface area (TPSA) is 99.2 Å². The fourth-order valence-electron chi connectivity index (χ4n) is 2.25. The van der Waals surface area contributed by atoms with Crippen LogP contribution in [-0.2, 0) is 23.9 Å². The molecular weight excluding hydrogens is 374 g/mol. The number of esters is 2. The first-order valence-electron chi connectivity index (χ1n) is 8.10. The van der Waals surface area contributed by atoms with Gasteiger partial charge in [-0.25, -0.2) is 9.59 Å². The molecule has 144 valence electrons. The Bertz CT molecular complexity index is 772. The Labute approximate surface area is 160 Å². The summed E-state index contributed by atoms with van der Waals surface area (Å²) in [6.07, 6.45) is 1.55. The number of carbonyl (C=O) groups is 4. The fourth-order valence-corrected chi connectivity index (χ4v) is 3.15. The SMILES string of the molecule is CCOC(=O)COc1ccc(C=C2SC(=O)N(C(C)C(=O)OC)C2=O)cc1. The van der Waals surface area contributed by atoms with Crippen molar-refractivity contribution in [1.29, 1.82) is 0 Å². The van der Waals surface area contributed by atoms with Crippen molar-refractivity contribution < 1.29 is 33.4 Å². The van der Waals surface area contributed by atoms with Crippen LogP contribution in [0.5, 0.6) is 5.75 Å². The van der Waals surface area contributed by atoms with Crippen LogP contribution in [0.2, 0.25) is 0 Å². The van der Waals surface area contributed by atoms with E-state index in [-0.39, 0.29) is 18.1 Å². The number of imide groups is 1. The minimum atomic E-state index is -0.993. The van der Waals surface area contributed by atoms with Gasteiger partial charge in [0.1, 0.15) is 11.8 Å². The predicted molar refractivity (Wildman–Crippen MR) is 97.9 cm³/mol. The number of nitrogens with zero attached hydrogens (tertiary/aromatic N) is 1. The van der Waals surface area contributed by atoms with E-state index in [9.17, 15) is 19.2 Å². The van der Waals surface area contributed by atoms with Gasteiger partial charge in [0.05, 0.1) is 18.6 Å². The first-order chi connectivity index (χ1) is 12.9. The predicted octanol–water partition coefficient (Wildman–Crippen LogP) is 2.23. The van der Waals surface area contributed by atoms with Crippen molar-refractivity contribution in [1.82, 2.24) is 4.90 Å². The van der Waals surface area contributed by atoms with E-state index in [1.165, 1.54) is 14.0 Å². The second-order valence-electron chi connectivity index (χ2n) is 5.41. The van der Waals surface area contributed by atoms with Crippen molar-refractivity contribution in [3.8, 4) is 5.75 Å². The summed E-state index contributed by atoms with van der Waals surface area (Å²) < 4.78 is 14.6. The Kier molecular flexibility index (Phi) is 7.00. The van der Waals surface area contributed by atoms with Crippen LogP contribution in [0.4, 0.5) is 4.79 Å². The van der Waals surface area contributed by atoms with E-state index in [1.807, 2.05) is 0 Å². The third kappa shape index (κ3) is 5.10. The highest BCUT2D eigenvalue weighted by molar-refractivity contribution is 8.18. The number of rotatable bonds is 7. The molecule has 1 saturated heterocycles. The average molecular weight is 393 g/mol. The third-order valence-corrected chi connectivity index (χ3v) is 4.48. The number of hydrogen-bond donors (Lipinski definition) is 0. The average Bonchev–Trinajstić information content (AvgIpc) is 2.93. The number of thioether (sulfide) groups is 1. The van der Waals surface area contributed by atoms with E-state index in [4.69, 9.17) is 9.47 Å². The van der Waals surface area contributed by atoms with E-state index < -0.39 is 29.1 Å². The smallest absolute Gasteiger partial charge is 0.344 e. The van der Waals surface area contributed by atoms with Crippen molar-refractivity contribution in [2.75, 3.05) is 20.3 Å². The van der Waals surface area contributed by atoms with Crippen LogP contribution in [-0.4, -0.2) is 54.4 Å². The molecule has 1 unspecified atom stereocenters. The van der Waals surface area contributed by atoms with Gasteiger partial charge < -0.3 is 14.2 Å². The minimum absolute atomic E-state index is 0.197. The van der Waals surface area contributed by atoms with Crippen LogP contribution in [0, 0.1) is 0 Å². The molecule has 1 aromatic rings. The molecule has 2 rings (SSSR count). The minimum Gasteiger partial charge on any atom is -0.482 e. The first kappa shape index (κ1) is 20.5. The van der Waals surface area contributed by atoms with Gasteiger partial charge in [0.2, 0.25) is 0 Å². The molecule has 0 saturated carbocycles. The Hall–Kier alpha value is -2.81. The summed E-state index contributed by atoms with van der Waals surface area (Å²) in [6, 6.07) is 5.63. The van der Waals surface area contributed by atoms with E-state index in [1.54, 1.807) is 37.3 Å². The standard InChI is InChI=1S/C18H19NO7S/c1-4-25-15(20)10-26-13-7-5-12(6-8-13)9-14-16(21)19(18(23)27-14)11(2)17(22)24-3/h5-9,11H,4,10H2,1-3H3. The summed E-state index contributed by atoms with van der Waals surface area (Å²) in [6.45, 7) is 3.23. The summed E-state index contributed by atoms with van der Waals surface area (Å²) in [5.74, 6) is -1.21. The van der Waals surface area contributed by atoms with Crippen molar-refractivity contribution in [2.24, 2.45) is 0 Å². The normalized spacial score (nSPS) is 16.4. The lowest BCUT2D eigenvalue weighted by Gasteiger charge is -2.18. The Balaban J connectivity index is 2.06. The maximum Gasteiger partial charge on any atom is 0.344 e. The highest BCUT2D eigenvalue weighted by atomic mass is 32.2. The second-order valence-corrected chi connectivity index (χ2v) is 6.41. The number of methoxy groups -OCH3 is 1. The van der Waals surface area contributed by atoms with E-state index in [2.05, 4.69) is 4.74 Å². The number of carbonyl (C=O) groups excluding carboxylic acids is 4. The molecule has 1 fully saturated rings. The molecule has 1 aromatic carbocycles.